The maximum Gasteiger partial charge on any atom is 0.261 e. The number of hydrogen-bond acceptors (Lipinski definition) is 5. The van der Waals surface area contributed by atoms with E-state index in [4.69, 9.17) is 5.10 Å². The van der Waals surface area contributed by atoms with Gasteiger partial charge in [0.15, 0.2) is 5.82 Å². The van der Waals surface area contributed by atoms with Crippen LogP contribution in [-0.2, 0) is 5.60 Å². The van der Waals surface area contributed by atoms with Crippen molar-refractivity contribution in [1.29, 1.82) is 0 Å². The lowest BCUT2D eigenvalue weighted by atomic mass is 9.95. The zero-order valence-corrected chi connectivity index (χ0v) is 16.0. The number of benzene rings is 1. The van der Waals surface area contributed by atoms with Crippen molar-refractivity contribution in [3.05, 3.63) is 52.4 Å². The first-order valence-corrected chi connectivity index (χ1v) is 9.80. The average Bonchev–Trinajstić information content (AvgIpc) is 3.08. The summed E-state index contributed by atoms with van der Waals surface area (Å²) in [6.45, 7) is 1.18. The van der Waals surface area contributed by atoms with Crippen LogP contribution in [0.15, 0.2) is 41.3 Å². The van der Waals surface area contributed by atoms with Crippen LogP contribution in [-0.4, -0.2) is 31.6 Å². The van der Waals surface area contributed by atoms with Crippen LogP contribution in [0.4, 0.5) is 11.5 Å². The Balaban J connectivity index is 1.75. The normalized spacial score (nSPS) is 17.5. The van der Waals surface area contributed by atoms with Gasteiger partial charge in [-0.25, -0.2) is 0 Å². The summed E-state index contributed by atoms with van der Waals surface area (Å²) in [7, 11) is 0. The number of pyridine rings is 1. The van der Waals surface area contributed by atoms with E-state index in [1.54, 1.807) is 31.3 Å². The molecule has 2 heterocycles. The van der Waals surface area contributed by atoms with Gasteiger partial charge in [0.05, 0.1) is 18.2 Å². The number of H-pyrrole nitrogens is 1. The van der Waals surface area contributed by atoms with Gasteiger partial charge in [0, 0.05) is 11.9 Å². The molecule has 0 spiro atoms. The van der Waals surface area contributed by atoms with Gasteiger partial charge in [-0.3, -0.25) is 9.48 Å². The molecule has 1 aliphatic rings. The van der Waals surface area contributed by atoms with Crippen LogP contribution in [0.25, 0.3) is 10.9 Å². The Morgan fingerprint density at radius 3 is 2.82 bits per heavy atom. The van der Waals surface area contributed by atoms with E-state index < -0.39 is 5.60 Å². The fourth-order valence-electron chi connectivity index (χ4n) is 3.95. The number of rotatable bonds is 5. The largest absolute Gasteiger partial charge is 0.393 e. The van der Waals surface area contributed by atoms with Crippen molar-refractivity contribution >= 4 is 22.4 Å². The molecule has 4 rings (SSSR count). The van der Waals surface area contributed by atoms with Crippen molar-refractivity contribution in [2.75, 3.05) is 11.9 Å². The molecule has 0 aliphatic heterocycles. The molecule has 4 N–H and O–H groups in total. The zero-order valence-electron chi connectivity index (χ0n) is 16.0. The van der Waals surface area contributed by atoms with Crippen molar-refractivity contribution in [2.45, 2.75) is 50.7 Å². The topological polar surface area (TPSA) is 103 Å². The summed E-state index contributed by atoms with van der Waals surface area (Å²) in [5, 5.41) is 28.3. The van der Waals surface area contributed by atoms with E-state index >= 15 is 0 Å². The van der Waals surface area contributed by atoms with E-state index in [1.807, 2.05) is 16.8 Å². The average molecular weight is 382 g/mol. The summed E-state index contributed by atoms with van der Waals surface area (Å²) >= 11 is 0. The van der Waals surface area contributed by atoms with E-state index in [0.29, 0.717) is 28.5 Å². The Bertz CT molecular complexity index is 1030. The number of aromatic amines is 1. The highest BCUT2D eigenvalue weighted by Crippen LogP contribution is 2.33. The number of aliphatic hydroxyl groups excluding tert-OH is 1. The molecule has 1 unspecified atom stereocenters. The third-order valence-corrected chi connectivity index (χ3v) is 5.61. The van der Waals surface area contributed by atoms with Gasteiger partial charge in [0.1, 0.15) is 11.0 Å². The minimum atomic E-state index is -1.33. The Morgan fingerprint density at radius 2 is 2.07 bits per heavy atom. The minimum absolute atomic E-state index is 0.180. The van der Waals surface area contributed by atoms with Crippen LogP contribution in [0.2, 0.25) is 0 Å². The summed E-state index contributed by atoms with van der Waals surface area (Å²) in [5.41, 5.74) is 0.602. The van der Waals surface area contributed by atoms with Crippen molar-refractivity contribution in [3.63, 3.8) is 0 Å². The van der Waals surface area contributed by atoms with Gasteiger partial charge < -0.3 is 20.5 Å². The lowest BCUT2D eigenvalue weighted by Crippen LogP contribution is -2.25. The number of aliphatic hydroxyl groups is 2. The van der Waals surface area contributed by atoms with Gasteiger partial charge in [-0.05, 0) is 43.5 Å². The molecule has 7 heteroatoms. The second-order valence-electron chi connectivity index (χ2n) is 7.79. The molecule has 1 aromatic carbocycles. The van der Waals surface area contributed by atoms with Gasteiger partial charge in [-0.15, -0.1) is 0 Å². The third kappa shape index (κ3) is 3.43. The number of nitrogens with zero attached hydrogens (tertiary/aromatic N) is 2. The maximum absolute atomic E-state index is 12.5. The highest BCUT2D eigenvalue weighted by atomic mass is 16.3. The highest BCUT2D eigenvalue weighted by Gasteiger charge is 2.24. The Labute approximate surface area is 163 Å². The summed E-state index contributed by atoms with van der Waals surface area (Å²) in [4.78, 5) is 15.3. The predicted molar refractivity (Wildman–Crippen MR) is 109 cm³/mol. The van der Waals surface area contributed by atoms with E-state index in [9.17, 15) is 15.0 Å². The Kier molecular flexibility index (Phi) is 4.95. The molecule has 28 heavy (non-hydrogen) atoms. The minimum Gasteiger partial charge on any atom is -0.393 e. The fourth-order valence-corrected chi connectivity index (χ4v) is 3.95. The number of aromatic nitrogens is 3. The molecule has 0 bridgehead atoms. The summed E-state index contributed by atoms with van der Waals surface area (Å²) in [6, 6.07) is 9.36. The third-order valence-electron chi connectivity index (χ3n) is 5.61. The molecular weight excluding hydrogens is 356 g/mol. The van der Waals surface area contributed by atoms with Gasteiger partial charge in [0.2, 0.25) is 0 Å². The predicted octanol–water partition coefficient (Wildman–Crippen LogP) is 3.17. The zero-order chi connectivity index (χ0) is 19.7. The number of fused-ring (bicyclic) bond motifs is 1. The van der Waals surface area contributed by atoms with Crippen molar-refractivity contribution in [3.8, 4) is 0 Å². The highest BCUT2D eigenvalue weighted by molar-refractivity contribution is 5.91. The molecule has 1 fully saturated rings. The molecule has 148 valence electrons. The van der Waals surface area contributed by atoms with Gasteiger partial charge in [-0.1, -0.05) is 31.4 Å². The first kappa shape index (κ1) is 18.7. The second kappa shape index (κ2) is 7.41. The van der Waals surface area contributed by atoms with Crippen LogP contribution >= 0.6 is 0 Å². The first-order valence-electron chi connectivity index (χ1n) is 9.80. The summed E-state index contributed by atoms with van der Waals surface area (Å²) in [5.74, 6) is 0.503. The molecule has 1 aliphatic carbocycles. The van der Waals surface area contributed by atoms with Crippen LogP contribution in [0.3, 0.4) is 0 Å². The van der Waals surface area contributed by atoms with Crippen LogP contribution in [0.5, 0.6) is 0 Å². The summed E-state index contributed by atoms with van der Waals surface area (Å²) < 4.78 is 1.99. The molecule has 0 amide bonds. The van der Waals surface area contributed by atoms with E-state index in [2.05, 4.69) is 10.3 Å². The lowest BCUT2D eigenvalue weighted by molar-refractivity contribution is -0.00223. The summed E-state index contributed by atoms with van der Waals surface area (Å²) in [6.07, 6.45) is 7.40. The molecular formula is C21H26N4O3. The van der Waals surface area contributed by atoms with E-state index in [0.717, 1.165) is 18.4 Å². The molecule has 0 radical (unpaired) electrons. The van der Waals surface area contributed by atoms with Crippen LogP contribution in [0, 0.1) is 0 Å². The van der Waals surface area contributed by atoms with Crippen LogP contribution in [0.1, 0.15) is 50.6 Å². The molecule has 1 atom stereocenters. The van der Waals surface area contributed by atoms with Crippen LogP contribution < -0.4 is 10.9 Å². The first-order chi connectivity index (χ1) is 13.5. The number of nitrogens with one attached hydrogen (secondary N) is 2. The van der Waals surface area contributed by atoms with Crippen molar-refractivity contribution < 1.29 is 10.2 Å². The quantitative estimate of drug-likeness (QED) is 0.543. The second-order valence-corrected chi connectivity index (χ2v) is 7.79. The monoisotopic (exact) mass is 382 g/mol. The molecule has 3 aromatic rings. The molecule has 7 nitrogen and oxygen atoms in total. The Hall–Kier alpha value is -2.64. The van der Waals surface area contributed by atoms with Gasteiger partial charge in [-0.2, -0.15) is 5.10 Å². The molecule has 0 saturated heterocycles. The van der Waals surface area contributed by atoms with Crippen molar-refractivity contribution in [2.24, 2.45) is 0 Å². The van der Waals surface area contributed by atoms with Gasteiger partial charge in [0.25, 0.3) is 5.56 Å². The van der Waals surface area contributed by atoms with E-state index in [-0.39, 0.29) is 12.2 Å². The maximum atomic E-state index is 12.5. The smallest absolute Gasteiger partial charge is 0.261 e. The molecule has 1 saturated carbocycles. The van der Waals surface area contributed by atoms with Crippen molar-refractivity contribution in [1.82, 2.24) is 14.8 Å². The van der Waals surface area contributed by atoms with E-state index in [1.165, 1.54) is 19.3 Å². The number of anilines is 2. The molecule has 2 aromatic heterocycles. The van der Waals surface area contributed by atoms with Gasteiger partial charge >= 0.3 is 0 Å². The standard InChI is InChI=1S/C21H26N4O3/c1-21(28,13-26)14-6-5-7-15(12-14)23-19-18-17(10-11-22-20(18)27)25(24-19)16-8-3-2-4-9-16/h5-7,10-12,16,26,28H,2-4,8-9,13H2,1H3,(H,22,27)(H,23,24). The fraction of sp³-hybridized carbons (Fsp3) is 0.429. The Morgan fingerprint density at radius 1 is 1.29 bits per heavy atom. The lowest BCUT2D eigenvalue weighted by Gasteiger charge is -2.22. The SMILES string of the molecule is CC(O)(CO)c1cccc(Nc2nn(C3CCCCC3)c3cc[nH]c(=O)c23)c1. The number of hydrogen-bond donors (Lipinski definition) is 4.